The van der Waals surface area contributed by atoms with Gasteiger partial charge in [-0.1, -0.05) is 28.1 Å². The summed E-state index contributed by atoms with van der Waals surface area (Å²) in [5, 5.41) is 0. The van der Waals surface area contributed by atoms with Crippen molar-refractivity contribution in [3.63, 3.8) is 0 Å². The van der Waals surface area contributed by atoms with Crippen LogP contribution in [0.15, 0.2) is 26.6 Å². The van der Waals surface area contributed by atoms with E-state index in [0.29, 0.717) is 6.10 Å². The number of nitrogens with zero attached hydrogens (tertiary/aromatic N) is 2. The third-order valence-corrected chi connectivity index (χ3v) is 6.53. The second-order valence-corrected chi connectivity index (χ2v) is 9.70. The van der Waals surface area contributed by atoms with Gasteiger partial charge in [-0.2, -0.15) is 0 Å². The number of halogens is 2. The van der Waals surface area contributed by atoms with E-state index in [2.05, 4.69) is 73.8 Å². The molecule has 0 spiro atoms. The van der Waals surface area contributed by atoms with Gasteiger partial charge in [0.05, 0.1) is 11.8 Å². The van der Waals surface area contributed by atoms with Crippen molar-refractivity contribution in [1.29, 1.82) is 0 Å². The molecule has 1 unspecified atom stereocenters. The molecule has 0 N–H and O–H groups in total. The van der Waals surface area contributed by atoms with Crippen LogP contribution in [0.25, 0.3) is 0 Å². The van der Waals surface area contributed by atoms with Crippen molar-refractivity contribution < 1.29 is 4.74 Å². The van der Waals surface area contributed by atoms with Crippen LogP contribution in [0.4, 0.5) is 0 Å². The molecular formula is C18H22Br2N2OS. The van der Waals surface area contributed by atoms with Crippen molar-refractivity contribution in [3.05, 3.63) is 48.3 Å². The van der Waals surface area contributed by atoms with Gasteiger partial charge in [-0.05, 0) is 59.8 Å². The van der Waals surface area contributed by atoms with Gasteiger partial charge in [0.1, 0.15) is 0 Å². The van der Waals surface area contributed by atoms with E-state index >= 15 is 0 Å². The lowest BCUT2D eigenvalue weighted by Crippen LogP contribution is -2.32. The average Bonchev–Trinajstić information content (AvgIpc) is 3.12. The molecule has 3 nitrogen and oxygen atoms in total. The molecule has 6 heteroatoms. The third kappa shape index (κ3) is 4.88. The molecule has 3 rings (SSSR count). The zero-order valence-corrected chi connectivity index (χ0v) is 18.0. The van der Waals surface area contributed by atoms with Crippen molar-refractivity contribution in [3.8, 4) is 0 Å². The fraction of sp³-hybridized carbons (Fsp3) is 0.500. The molecule has 1 aromatic heterocycles. The van der Waals surface area contributed by atoms with Crippen LogP contribution in [-0.4, -0.2) is 29.1 Å². The van der Waals surface area contributed by atoms with Gasteiger partial charge in [0.15, 0.2) is 3.92 Å². The van der Waals surface area contributed by atoms with Gasteiger partial charge in [-0.25, -0.2) is 4.98 Å². The number of hydrogen-bond donors (Lipinski definition) is 0. The van der Waals surface area contributed by atoms with Crippen LogP contribution in [0.3, 0.4) is 0 Å². The second kappa shape index (κ2) is 8.41. The maximum absolute atomic E-state index is 5.86. The molecule has 0 saturated carbocycles. The van der Waals surface area contributed by atoms with Crippen LogP contribution in [0.5, 0.6) is 0 Å². The number of rotatable bonds is 6. The molecule has 2 aromatic rings. The number of ether oxygens (including phenoxy) is 1. The van der Waals surface area contributed by atoms with Gasteiger partial charge < -0.3 is 4.74 Å². The first kappa shape index (κ1) is 18.5. The van der Waals surface area contributed by atoms with Gasteiger partial charge >= 0.3 is 0 Å². The molecule has 130 valence electrons. The van der Waals surface area contributed by atoms with Crippen LogP contribution in [0.1, 0.15) is 34.5 Å². The molecule has 0 amide bonds. The maximum Gasteiger partial charge on any atom is 0.159 e. The largest absolute Gasteiger partial charge is 0.377 e. The summed E-state index contributed by atoms with van der Waals surface area (Å²) < 4.78 is 8.00. The van der Waals surface area contributed by atoms with E-state index in [4.69, 9.17) is 4.74 Å². The lowest BCUT2D eigenvalue weighted by atomic mass is 10.1. The highest BCUT2D eigenvalue weighted by molar-refractivity contribution is 9.11. The zero-order chi connectivity index (χ0) is 17.1. The smallest absolute Gasteiger partial charge is 0.159 e. The van der Waals surface area contributed by atoms with Crippen LogP contribution in [0, 0.1) is 13.8 Å². The zero-order valence-electron chi connectivity index (χ0n) is 14.0. The van der Waals surface area contributed by atoms with E-state index in [9.17, 15) is 0 Å². The minimum atomic E-state index is 0.344. The first-order valence-electron chi connectivity index (χ1n) is 8.22. The molecule has 0 aliphatic carbocycles. The van der Waals surface area contributed by atoms with E-state index < -0.39 is 0 Å². The Hall–Kier alpha value is -0.270. The van der Waals surface area contributed by atoms with Gasteiger partial charge in [-0.15, -0.1) is 11.3 Å². The number of thiazole rings is 1. The normalized spacial score (nSPS) is 17.8. The molecule has 0 bridgehead atoms. The topological polar surface area (TPSA) is 25.4 Å². The van der Waals surface area contributed by atoms with Gasteiger partial charge in [-0.3, -0.25) is 4.90 Å². The molecule has 1 aromatic carbocycles. The Morgan fingerprint density at radius 1 is 1.29 bits per heavy atom. The summed E-state index contributed by atoms with van der Waals surface area (Å²) in [6.07, 6.45) is 2.68. The summed E-state index contributed by atoms with van der Waals surface area (Å²) in [6, 6.07) is 6.57. The fourth-order valence-electron chi connectivity index (χ4n) is 3.03. The number of hydrogen-bond acceptors (Lipinski definition) is 4. The Kier molecular flexibility index (Phi) is 6.49. The summed E-state index contributed by atoms with van der Waals surface area (Å²) >= 11 is 8.92. The highest BCUT2D eigenvalue weighted by Crippen LogP contribution is 2.26. The monoisotopic (exact) mass is 472 g/mol. The quantitative estimate of drug-likeness (QED) is 0.556. The summed E-state index contributed by atoms with van der Waals surface area (Å²) in [5.74, 6) is 0. The highest BCUT2D eigenvalue weighted by atomic mass is 79.9. The van der Waals surface area contributed by atoms with Crippen LogP contribution < -0.4 is 0 Å². The number of benzene rings is 1. The lowest BCUT2D eigenvalue weighted by Gasteiger charge is -2.25. The number of aromatic nitrogens is 1. The van der Waals surface area contributed by atoms with Crippen LogP contribution >= 0.6 is 43.2 Å². The number of aryl methyl sites for hydroxylation is 2. The predicted molar refractivity (Wildman–Crippen MR) is 107 cm³/mol. The Morgan fingerprint density at radius 2 is 2.12 bits per heavy atom. The lowest BCUT2D eigenvalue weighted by molar-refractivity contribution is 0.0674. The van der Waals surface area contributed by atoms with E-state index in [1.54, 1.807) is 11.3 Å². The van der Waals surface area contributed by atoms with Gasteiger partial charge in [0.2, 0.25) is 0 Å². The third-order valence-electron chi connectivity index (χ3n) is 4.33. The van der Waals surface area contributed by atoms with Crippen molar-refractivity contribution in [1.82, 2.24) is 9.88 Å². The maximum atomic E-state index is 5.86. The highest BCUT2D eigenvalue weighted by Gasteiger charge is 2.21. The van der Waals surface area contributed by atoms with Crippen molar-refractivity contribution in [2.75, 3.05) is 13.2 Å². The molecule has 1 aliphatic heterocycles. The van der Waals surface area contributed by atoms with Crippen molar-refractivity contribution >= 4 is 43.2 Å². The molecule has 2 heterocycles. The Morgan fingerprint density at radius 3 is 2.75 bits per heavy atom. The molecule has 1 saturated heterocycles. The van der Waals surface area contributed by atoms with E-state index in [1.807, 2.05) is 0 Å². The summed E-state index contributed by atoms with van der Waals surface area (Å²) in [5.41, 5.74) is 3.74. The molecular weight excluding hydrogens is 452 g/mol. The summed E-state index contributed by atoms with van der Waals surface area (Å²) in [7, 11) is 0. The van der Waals surface area contributed by atoms with E-state index in [0.717, 1.165) is 42.3 Å². The summed E-state index contributed by atoms with van der Waals surface area (Å²) in [6.45, 7) is 7.87. The Labute approximate surface area is 164 Å². The molecule has 1 aliphatic rings. The molecule has 0 radical (unpaired) electrons. The second-order valence-electron chi connectivity index (χ2n) is 6.37. The first-order chi connectivity index (χ1) is 11.5. The predicted octanol–water partition coefficient (Wildman–Crippen LogP) is 5.47. The van der Waals surface area contributed by atoms with Crippen LogP contribution in [-0.2, 0) is 17.8 Å². The minimum absolute atomic E-state index is 0.344. The van der Waals surface area contributed by atoms with E-state index in [1.165, 1.54) is 26.9 Å². The first-order valence-corrected chi connectivity index (χ1v) is 10.6. The van der Waals surface area contributed by atoms with Gasteiger partial charge in [0.25, 0.3) is 0 Å². The Balaban J connectivity index is 1.76. The standard InChI is InChI=1S/C18H22Br2N2OS/c1-12-5-6-14(16(19)8-12)9-22(10-15-4-3-7-23-15)11-17-13(2)24-18(20)21-17/h5-6,8,15H,3-4,7,9-11H2,1-2H3. The minimum Gasteiger partial charge on any atom is -0.377 e. The molecule has 1 atom stereocenters. The fourth-order valence-corrected chi connectivity index (χ4v) is 5.23. The summed E-state index contributed by atoms with van der Waals surface area (Å²) in [4.78, 5) is 8.38. The molecule has 1 fully saturated rings. The van der Waals surface area contributed by atoms with E-state index in [-0.39, 0.29) is 0 Å². The van der Waals surface area contributed by atoms with Gasteiger partial charge in [0, 0.05) is 35.6 Å². The Bertz CT molecular complexity index is 698. The molecule has 24 heavy (non-hydrogen) atoms. The average molecular weight is 474 g/mol. The van der Waals surface area contributed by atoms with Crippen LogP contribution in [0.2, 0.25) is 0 Å². The van der Waals surface area contributed by atoms with Crippen molar-refractivity contribution in [2.24, 2.45) is 0 Å². The SMILES string of the molecule is Cc1ccc(CN(Cc2nc(Br)sc2C)CC2CCCO2)c(Br)c1. The van der Waals surface area contributed by atoms with Crippen molar-refractivity contribution in [2.45, 2.75) is 45.9 Å².